The fraction of sp³-hybridized carbons (Fsp3) is 0.0588. The Morgan fingerprint density at radius 2 is 1.65 bits per heavy atom. The Balaban J connectivity index is 2.08. The molecule has 0 radical (unpaired) electrons. The van der Waals surface area contributed by atoms with Crippen LogP contribution in [0.25, 0.3) is 10.9 Å². The van der Waals surface area contributed by atoms with Crippen molar-refractivity contribution in [3.8, 4) is 0 Å². The number of nitrogens with one attached hydrogen (secondary N) is 1. The third-order valence-corrected chi connectivity index (χ3v) is 3.40. The molecule has 3 rings (SSSR count). The van der Waals surface area contributed by atoms with Crippen LogP contribution in [0, 0.1) is 6.92 Å². The molecular weight excluding hydrogens is 250 g/mol. The highest BCUT2D eigenvalue weighted by molar-refractivity contribution is 6.50. The Morgan fingerprint density at radius 1 is 0.900 bits per heavy atom. The van der Waals surface area contributed by atoms with Gasteiger partial charge in [-0.15, -0.1) is 0 Å². The normalized spacial score (nSPS) is 10.7. The molecule has 2 aromatic carbocycles. The fourth-order valence-electron chi connectivity index (χ4n) is 2.39. The smallest absolute Gasteiger partial charge is 0.235 e. The summed E-state index contributed by atoms with van der Waals surface area (Å²) in [5.74, 6) is -0.952. The van der Waals surface area contributed by atoms with Crippen LogP contribution in [0.5, 0.6) is 0 Å². The molecular formula is C17H13NO2. The lowest BCUT2D eigenvalue weighted by molar-refractivity contribution is 0.0818. The zero-order chi connectivity index (χ0) is 14.1. The summed E-state index contributed by atoms with van der Waals surface area (Å²) in [7, 11) is 0. The van der Waals surface area contributed by atoms with Gasteiger partial charge in [-0.3, -0.25) is 9.59 Å². The van der Waals surface area contributed by atoms with Crippen molar-refractivity contribution in [3.63, 3.8) is 0 Å². The van der Waals surface area contributed by atoms with Gasteiger partial charge in [0, 0.05) is 22.7 Å². The first kappa shape index (κ1) is 12.4. The van der Waals surface area contributed by atoms with Gasteiger partial charge in [-0.1, -0.05) is 42.5 Å². The van der Waals surface area contributed by atoms with Gasteiger partial charge in [0.15, 0.2) is 0 Å². The minimum Gasteiger partial charge on any atom is -0.360 e. The minimum absolute atomic E-state index is 0.417. The van der Waals surface area contributed by atoms with Crippen LogP contribution in [0.3, 0.4) is 0 Å². The molecule has 1 N–H and O–H groups in total. The van der Waals surface area contributed by atoms with Crippen LogP contribution < -0.4 is 0 Å². The molecule has 3 aromatic rings. The Morgan fingerprint density at radius 3 is 2.40 bits per heavy atom. The summed E-state index contributed by atoms with van der Waals surface area (Å²) < 4.78 is 0. The van der Waals surface area contributed by atoms with Crippen LogP contribution in [0.1, 0.15) is 26.3 Å². The first-order valence-electron chi connectivity index (χ1n) is 6.39. The maximum absolute atomic E-state index is 12.4. The fourth-order valence-corrected chi connectivity index (χ4v) is 2.39. The highest BCUT2D eigenvalue weighted by atomic mass is 16.2. The minimum atomic E-state index is -0.477. The summed E-state index contributed by atoms with van der Waals surface area (Å²) in [4.78, 5) is 27.7. The number of rotatable bonds is 3. The Kier molecular flexibility index (Phi) is 2.95. The summed E-state index contributed by atoms with van der Waals surface area (Å²) in [6.07, 6.45) is 1.61. The van der Waals surface area contributed by atoms with E-state index >= 15 is 0 Å². The van der Waals surface area contributed by atoms with Crippen molar-refractivity contribution in [1.82, 2.24) is 4.98 Å². The number of benzene rings is 2. The first-order chi connectivity index (χ1) is 9.68. The second-order valence-electron chi connectivity index (χ2n) is 4.72. The first-order valence-corrected chi connectivity index (χ1v) is 6.39. The second-order valence-corrected chi connectivity index (χ2v) is 4.72. The largest absolute Gasteiger partial charge is 0.360 e. The molecule has 0 atom stereocenters. The molecule has 1 heterocycles. The Labute approximate surface area is 116 Å². The van der Waals surface area contributed by atoms with Crippen molar-refractivity contribution < 1.29 is 9.59 Å². The van der Waals surface area contributed by atoms with Gasteiger partial charge in [0.2, 0.25) is 11.6 Å². The summed E-state index contributed by atoms with van der Waals surface area (Å²) >= 11 is 0. The number of hydrogen-bond donors (Lipinski definition) is 1. The van der Waals surface area contributed by atoms with Crippen LogP contribution in [-0.4, -0.2) is 16.6 Å². The highest BCUT2D eigenvalue weighted by Gasteiger charge is 2.21. The van der Waals surface area contributed by atoms with E-state index in [-0.39, 0.29) is 0 Å². The van der Waals surface area contributed by atoms with Gasteiger partial charge in [-0.25, -0.2) is 0 Å². The SMILES string of the molecule is Cc1cccc2[nH]cc(C(=O)C(=O)c3ccccc3)c12. The Hall–Kier alpha value is -2.68. The van der Waals surface area contributed by atoms with Crippen LogP contribution in [-0.2, 0) is 0 Å². The molecule has 20 heavy (non-hydrogen) atoms. The van der Waals surface area contributed by atoms with Gasteiger partial charge < -0.3 is 4.98 Å². The highest BCUT2D eigenvalue weighted by Crippen LogP contribution is 2.23. The molecule has 3 nitrogen and oxygen atoms in total. The van der Waals surface area contributed by atoms with E-state index in [2.05, 4.69) is 4.98 Å². The van der Waals surface area contributed by atoms with Gasteiger partial charge in [-0.05, 0) is 18.6 Å². The van der Waals surface area contributed by atoms with E-state index in [1.807, 2.05) is 31.2 Å². The van der Waals surface area contributed by atoms with E-state index in [4.69, 9.17) is 0 Å². The van der Waals surface area contributed by atoms with Gasteiger partial charge in [0.1, 0.15) is 0 Å². The lowest BCUT2D eigenvalue weighted by Crippen LogP contribution is -2.14. The number of carbonyl (C=O) groups is 2. The molecule has 0 fully saturated rings. The lowest BCUT2D eigenvalue weighted by atomic mass is 9.99. The summed E-state index contributed by atoms with van der Waals surface area (Å²) in [6, 6.07) is 14.4. The number of fused-ring (bicyclic) bond motifs is 1. The number of aryl methyl sites for hydroxylation is 1. The molecule has 0 unspecified atom stereocenters. The second kappa shape index (κ2) is 4.78. The van der Waals surface area contributed by atoms with Crippen molar-refractivity contribution in [2.24, 2.45) is 0 Å². The summed E-state index contributed by atoms with van der Waals surface area (Å²) in [5, 5.41) is 0.821. The molecule has 1 aromatic heterocycles. The monoisotopic (exact) mass is 263 g/mol. The number of aromatic amines is 1. The van der Waals surface area contributed by atoms with Crippen molar-refractivity contribution in [3.05, 3.63) is 71.4 Å². The average molecular weight is 263 g/mol. The van der Waals surface area contributed by atoms with E-state index in [1.54, 1.807) is 30.5 Å². The zero-order valence-electron chi connectivity index (χ0n) is 11.0. The number of aromatic nitrogens is 1. The van der Waals surface area contributed by atoms with E-state index in [1.165, 1.54) is 0 Å². The van der Waals surface area contributed by atoms with Gasteiger partial charge >= 0.3 is 0 Å². The van der Waals surface area contributed by atoms with Crippen LogP contribution >= 0.6 is 0 Å². The molecule has 0 spiro atoms. The molecule has 0 aliphatic heterocycles. The number of H-pyrrole nitrogens is 1. The number of ketones is 2. The van der Waals surface area contributed by atoms with Crippen LogP contribution in [0.4, 0.5) is 0 Å². The third kappa shape index (κ3) is 1.93. The predicted octanol–water partition coefficient (Wildman–Crippen LogP) is 3.54. The molecule has 0 aliphatic carbocycles. The van der Waals surface area contributed by atoms with Crippen LogP contribution in [0.2, 0.25) is 0 Å². The summed E-state index contributed by atoms with van der Waals surface area (Å²) in [6.45, 7) is 1.93. The lowest BCUT2D eigenvalue weighted by Gasteiger charge is -2.01. The van der Waals surface area contributed by atoms with Gasteiger partial charge in [0.25, 0.3) is 0 Å². The molecule has 98 valence electrons. The molecule has 3 heteroatoms. The molecule has 0 saturated carbocycles. The van der Waals surface area contributed by atoms with Gasteiger partial charge in [0.05, 0.1) is 5.56 Å². The maximum atomic E-state index is 12.4. The summed E-state index contributed by atoms with van der Waals surface area (Å²) in [5.41, 5.74) is 2.70. The van der Waals surface area contributed by atoms with Crippen molar-refractivity contribution >= 4 is 22.5 Å². The maximum Gasteiger partial charge on any atom is 0.235 e. The van der Waals surface area contributed by atoms with Crippen molar-refractivity contribution in [2.75, 3.05) is 0 Å². The van der Waals surface area contributed by atoms with E-state index < -0.39 is 11.6 Å². The topological polar surface area (TPSA) is 49.9 Å². The van der Waals surface area contributed by atoms with Crippen molar-refractivity contribution in [1.29, 1.82) is 0 Å². The number of hydrogen-bond acceptors (Lipinski definition) is 2. The third-order valence-electron chi connectivity index (χ3n) is 3.40. The van der Waals surface area contributed by atoms with Crippen molar-refractivity contribution in [2.45, 2.75) is 6.92 Å². The van der Waals surface area contributed by atoms with E-state index in [9.17, 15) is 9.59 Å². The number of carbonyl (C=O) groups excluding carboxylic acids is 2. The number of Topliss-reactive ketones (excluding diaryl/α,β-unsaturated/α-hetero) is 2. The molecule has 0 aliphatic rings. The predicted molar refractivity (Wildman–Crippen MR) is 78.1 cm³/mol. The standard InChI is InChI=1S/C17H13NO2/c1-11-6-5-9-14-15(11)13(10-18-14)17(20)16(19)12-7-3-2-4-8-12/h2-10,18H,1H3. The molecule has 0 bridgehead atoms. The zero-order valence-corrected chi connectivity index (χ0v) is 11.0. The quantitative estimate of drug-likeness (QED) is 0.580. The Bertz CT molecular complexity index is 800. The molecule has 0 saturated heterocycles. The van der Waals surface area contributed by atoms with E-state index in [0.717, 1.165) is 16.5 Å². The van der Waals surface area contributed by atoms with Crippen LogP contribution in [0.15, 0.2) is 54.7 Å². The average Bonchev–Trinajstić information content (AvgIpc) is 2.92. The van der Waals surface area contributed by atoms with Gasteiger partial charge in [-0.2, -0.15) is 0 Å². The molecule has 0 amide bonds. The van der Waals surface area contributed by atoms with E-state index in [0.29, 0.717) is 11.1 Å².